The predicted molar refractivity (Wildman–Crippen MR) is 158 cm³/mol. The summed E-state index contributed by atoms with van der Waals surface area (Å²) in [6.45, 7) is 5.31. The topological polar surface area (TPSA) is 86.8 Å². The Balaban J connectivity index is 1.67. The lowest BCUT2D eigenvalue weighted by atomic mass is 9.95. The molecular formula is C32H39N3O4S. The first-order chi connectivity index (χ1) is 19.2. The van der Waals surface area contributed by atoms with E-state index in [1.54, 1.807) is 43.3 Å². The molecule has 0 saturated heterocycles. The number of hydrogen-bond donors (Lipinski definition) is 1. The SMILES string of the molecule is Cc1cccc(N(CC(=O)N(Cc2ccccc2C)[C@@H](C)C(=O)NC2CCCCC2)S(=O)(=O)c2ccccc2)c1. The number of aryl methyl sites for hydroxylation is 2. The Hall–Kier alpha value is -3.65. The Kier molecular flexibility index (Phi) is 9.63. The zero-order valence-corrected chi connectivity index (χ0v) is 24.4. The first-order valence-electron chi connectivity index (χ1n) is 14.0. The molecule has 1 aliphatic rings. The molecule has 1 N–H and O–H groups in total. The summed E-state index contributed by atoms with van der Waals surface area (Å²) in [5, 5.41) is 3.14. The number of rotatable bonds is 10. The van der Waals surface area contributed by atoms with Crippen molar-refractivity contribution in [1.29, 1.82) is 0 Å². The first kappa shape index (κ1) is 29.3. The number of carbonyl (C=O) groups is 2. The molecule has 1 fully saturated rings. The fraction of sp³-hybridized carbons (Fsp3) is 0.375. The van der Waals surface area contributed by atoms with Crippen molar-refractivity contribution >= 4 is 27.5 Å². The Morgan fingerprint density at radius 2 is 1.57 bits per heavy atom. The van der Waals surface area contributed by atoms with E-state index in [1.165, 1.54) is 23.5 Å². The Morgan fingerprint density at radius 1 is 0.900 bits per heavy atom. The van der Waals surface area contributed by atoms with Crippen LogP contribution in [-0.4, -0.2) is 43.8 Å². The summed E-state index contributed by atoms with van der Waals surface area (Å²) in [5.41, 5.74) is 3.16. The molecule has 0 radical (unpaired) electrons. The van der Waals surface area contributed by atoms with Crippen LogP contribution in [0.2, 0.25) is 0 Å². The average Bonchev–Trinajstić information content (AvgIpc) is 2.96. The normalized spacial score (nSPS) is 14.8. The summed E-state index contributed by atoms with van der Waals surface area (Å²) in [6.07, 6.45) is 5.19. The van der Waals surface area contributed by atoms with E-state index in [1.807, 2.05) is 44.2 Å². The zero-order valence-electron chi connectivity index (χ0n) is 23.5. The maximum absolute atomic E-state index is 14.1. The van der Waals surface area contributed by atoms with E-state index in [0.29, 0.717) is 5.69 Å². The van der Waals surface area contributed by atoms with E-state index in [0.717, 1.165) is 46.7 Å². The number of benzene rings is 3. The third-order valence-corrected chi connectivity index (χ3v) is 9.41. The van der Waals surface area contributed by atoms with Gasteiger partial charge >= 0.3 is 0 Å². The highest BCUT2D eigenvalue weighted by molar-refractivity contribution is 7.92. The van der Waals surface area contributed by atoms with Gasteiger partial charge in [0.05, 0.1) is 10.6 Å². The minimum absolute atomic E-state index is 0.0952. The lowest BCUT2D eigenvalue weighted by Gasteiger charge is -2.33. The third-order valence-electron chi connectivity index (χ3n) is 7.62. The van der Waals surface area contributed by atoms with Gasteiger partial charge in [-0.2, -0.15) is 0 Å². The van der Waals surface area contributed by atoms with E-state index in [4.69, 9.17) is 0 Å². The van der Waals surface area contributed by atoms with Crippen molar-refractivity contribution in [1.82, 2.24) is 10.2 Å². The monoisotopic (exact) mass is 561 g/mol. The Labute approximate surface area is 238 Å². The van der Waals surface area contributed by atoms with Crippen LogP contribution >= 0.6 is 0 Å². The summed E-state index contributed by atoms with van der Waals surface area (Å²) in [6, 6.07) is 22.2. The standard InChI is InChI=1S/C32H39N3O4S/c1-24-13-12-18-29(21-24)35(40(38,39)30-19-8-5-9-20-30)23-31(36)34(22-27-15-11-10-14-25(27)2)26(3)32(37)33-28-16-6-4-7-17-28/h5,8-15,18-21,26,28H,4,6-7,16-17,22-23H2,1-3H3,(H,33,37)/t26-/m0/s1. The van der Waals surface area contributed by atoms with Gasteiger partial charge in [-0.15, -0.1) is 0 Å². The minimum Gasteiger partial charge on any atom is -0.352 e. The molecular weight excluding hydrogens is 522 g/mol. The maximum atomic E-state index is 14.1. The average molecular weight is 562 g/mol. The molecule has 0 aromatic heterocycles. The summed E-state index contributed by atoms with van der Waals surface area (Å²) >= 11 is 0. The molecule has 1 aliphatic carbocycles. The van der Waals surface area contributed by atoms with Gasteiger partial charge in [-0.3, -0.25) is 13.9 Å². The van der Waals surface area contributed by atoms with Crippen LogP contribution in [0, 0.1) is 13.8 Å². The van der Waals surface area contributed by atoms with Crippen LogP contribution in [0.4, 0.5) is 5.69 Å². The zero-order chi connectivity index (χ0) is 28.7. The first-order valence-corrected chi connectivity index (χ1v) is 15.4. The summed E-state index contributed by atoms with van der Waals surface area (Å²) in [7, 11) is -4.06. The van der Waals surface area contributed by atoms with Crippen LogP contribution in [0.25, 0.3) is 0 Å². The molecule has 1 saturated carbocycles. The Bertz CT molecular complexity index is 1420. The number of anilines is 1. The van der Waals surface area contributed by atoms with Crippen LogP contribution in [0.15, 0.2) is 83.8 Å². The van der Waals surface area contributed by atoms with Gasteiger partial charge in [0.15, 0.2) is 0 Å². The lowest BCUT2D eigenvalue weighted by molar-refractivity contribution is -0.139. The molecule has 3 aromatic carbocycles. The molecule has 7 nitrogen and oxygen atoms in total. The number of sulfonamides is 1. The van der Waals surface area contributed by atoms with Crippen molar-refractivity contribution in [3.05, 3.63) is 95.6 Å². The highest BCUT2D eigenvalue weighted by Crippen LogP contribution is 2.26. The van der Waals surface area contributed by atoms with Crippen molar-refractivity contribution in [2.75, 3.05) is 10.8 Å². The number of nitrogens with zero attached hydrogens (tertiary/aromatic N) is 2. The number of carbonyl (C=O) groups excluding carboxylic acids is 2. The molecule has 40 heavy (non-hydrogen) atoms. The number of hydrogen-bond acceptors (Lipinski definition) is 4. The molecule has 8 heteroatoms. The van der Waals surface area contributed by atoms with Gasteiger partial charge in [0, 0.05) is 12.6 Å². The maximum Gasteiger partial charge on any atom is 0.264 e. The van der Waals surface area contributed by atoms with Gasteiger partial charge < -0.3 is 10.2 Å². The van der Waals surface area contributed by atoms with Gasteiger partial charge in [0.2, 0.25) is 11.8 Å². The van der Waals surface area contributed by atoms with Crippen molar-refractivity contribution in [3.63, 3.8) is 0 Å². The van der Waals surface area contributed by atoms with Crippen LogP contribution in [-0.2, 0) is 26.2 Å². The minimum atomic E-state index is -4.06. The van der Waals surface area contributed by atoms with Crippen LogP contribution < -0.4 is 9.62 Å². The summed E-state index contributed by atoms with van der Waals surface area (Å²) in [4.78, 5) is 29.1. The summed E-state index contributed by atoms with van der Waals surface area (Å²) < 4.78 is 28.9. The van der Waals surface area contributed by atoms with Crippen molar-refractivity contribution in [2.24, 2.45) is 0 Å². The van der Waals surface area contributed by atoms with E-state index in [2.05, 4.69) is 5.32 Å². The van der Waals surface area contributed by atoms with Gasteiger partial charge in [0.1, 0.15) is 12.6 Å². The molecule has 0 spiro atoms. The van der Waals surface area contributed by atoms with Crippen LogP contribution in [0.3, 0.4) is 0 Å². The second kappa shape index (κ2) is 13.1. The Morgan fingerprint density at radius 3 is 2.25 bits per heavy atom. The second-order valence-electron chi connectivity index (χ2n) is 10.6. The quantitative estimate of drug-likeness (QED) is 0.361. The molecule has 0 bridgehead atoms. The van der Waals surface area contributed by atoms with Crippen molar-refractivity contribution < 1.29 is 18.0 Å². The predicted octanol–water partition coefficient (Wildman–Crippen LogP) is 5.36. The van der Waals surface area contributed by atoms with E-state index >= 15 is 0 Å². The number of amides is 2. The number of nitrogens with one attached hydrogen (secondary N) is 1. The molecule has 0 heterocycles. The smallest absolute Gasteiger partial charge is 0.264 e. The van der Waals surface area contributed by atoms with Crippen LogP contribution in [0.5, 0.6) is 0 Å². The van der Waals surface area contributed by atoms with Crippen molar-refractivity contribution in [3.8, 4) is 0 Å². The fourth-order valence-corrected chi connectivity index (χ4v) is 6.58. The van der Waals surface area contributed by atoms with Gasteiger partial charge in [-0.05, 0) is 74.6 Å². The van der Waals surface area contributed by atoms with E-state index in [9.17, 15) is 18.0 Å². The lowest BCUT2D eigenvalue weighted by Crippen LogP contribution is -2.53. The molecule has 2 amide bonds. The van der Waals surface area contributed by atoms with Crippen molar-refractivity contribution in [2.45, 2.75) is 76.4 Å². The van der Waals surface area contributed by atoms with Crippen LogP contribution in [0.1, 0.15) is 55.7 Å². The highest BCUT2D eigenvalue weighted by atomic mass is 32.2. The van der Waals surface area contributed by atoms with Gasteiger partial charge in [0.25, 0.3) is 10.0 Å². The molecule has 3 aromatic rings. The second-order valence-corrected chi connectivity index (χ2v) is 12.5. The molecule has 212 valence electrons. The molecule has 0 unspecified atom stereocenters. The van der Waals surface area contributed by atoms with E-state index < -0.39 is 28.5 Å². The van der Waals surface area contributed by atoms with Gasteiger partial charge in [-0.25, -0.2) is 8.42 Å². The summed E-state index contributed by atoms with van der Waals surface area (Å²) in [5.74, 6) is -0.669. The highest BCUT2D eigenvalue weighted by Gasteiger charge is 2.33. The van der Waals surface area contributed by atoms with Gasteiger partial charge in [-0.1, -0.05) is 73.9 Å². The molecule has 1 atom stereocenters. The molecule has 0 aliphatic heterocycles. The molecule has 4 rings (SSSR count). The van der Waals surface area contributed by atoms with E-state index in [-0.39, 0.29) is 23.4 Å². The largest absolute Gasteiger partial charge is 0.352 e. The third kappa shape index (κ3) is 7.10. The fourth-order valence-electron chi connectivity index (χ4n) is 5.15.